The van der Waals surface area contributed by atoms with Gasteiger partial charge in [0.15, 0.2) is 0 Å². The molecule has 6 aromatic rings. The Kier molecular flexibility index (Phi) is 6.58. The van der Waals surface area contributed by atoms with Gasteiger partial charge in [0, 0.05) is 29.3 Å². The van der Waals surface area contributed by atoms with E-state index in [0.717, 1.165) is 39.7 Å². The number of nitrogens with zero attached hydrogens (tertiary/aromatic N) is 2. The fourth-order valence-electron chi connectivity index (χ4n) is 4.99. The minimum atomic E-state index is 0.487. The predicted octanol–water partition coefficient (Wildman–Crippen LogP) is 9.24. The number of para-hydroxylation sites is 4. The second kappa shape index (κ2) is 10.6. The lowest BCUT2D eigenvalue weighted by Gasteiger charge is -2.33. The number of benzene rings is 6. The van der Waals surface area contributed by atoms with Crippen LogP contribution in [0.4, 0.5) is 34.1 Å². The van der Waals surface area contributed by atoms with Crippen molar-refractivity contribution in [3.05, 3.63) is 157 Å². The molecule has 38 heavy (non-hydrogen) atoms. The van der Waals surface area contributed by atoms with E-state index in [1.165, 1.54) is 10.8 Å². The molecular formula is C35H29N3. The second-order valence-corrected chi connectivity index (χ2v) is 9.24. The molecule has 0 saturated heterocycles. The fourth-order valence-corrected chi connectivity index (χ4v) is 4.99. The summed E-state index contributed by atoms with van der Waals surface area (Å²) in [5, 5.41) is 2.42. The number of fused-ring (bicyclic) bond motifs is 1. The molecule has 0 amide bonds. The molecule has 2 N–H and O–H groups in total. The fraction of sp³-hybridized carbons (Fsp3) is 0.0286. The zero-order valence-corrected chi connectivity index (χ0v) is 21.1. The maximum Gasteiger partial charge on any atom is 0.0702 e. The van der Waals surface area contributed by atoms with E-state index in [4.69, 9.17) is 5.73 Å². The Morgan fingerprint density at radius 1 is 0.395 bits per heavy atom. The average molecular weight is 492 g/mol. The Morgan fingerprint density at radius 2 is 0.895 bits per heavy atom. The minimum absolute atomic E-state index is 0.487. The summed E-state index contributed by atoms with van der Waals surface area (Å²) in [4.78, 5) is 4.65. The Balaban J connectivity index is 1.60. The van der Waals surface area contributed by atoms with Crippen molar-refractivity contribution in [1.82, 2.24) is 0 Å². The normalized spacial score (nSPS) is 10.9. The molecule has 0 bridgehead atoms. The molecule has 3 nitrogen and oxygen atoms in total. The SMILES string of the molecule is NCc1cccc(N(c2ccc3ccccc3c2)c2ccccc2N(c2ccccc2)c2ccccc2)c1. The van der Waals surface area contributed by atoms with Gasteiger partial charge in [0.25, 0.3) is 0 Å². The molecule has 0 aliphatic rings. The van der Waals surface area contributed by atoms with Gasteiger partial charge in [-0.25, -0.2) is 0 Å². The van der Waals surface area contributed by atoms with E-state index < -0.39 is 0 Å². The first-order chi connectivity index (χ1) is 18.8. The van der Waals surface area contributed by atoms with E-state index in [-0.39, 0.29) is 0 Å². The van der Waals surface area contributed by atoms with Gasteiger partial charge in [-0.1, -0.05) is 91.0 Å². The Bertz CT molecular complexity index is 1620. The van der Waals surface area contributed by atoms with Crippen LogP contribution in [0.5, 0.6) is 0 Å². The van der Waals surface area contributed by atoms with Gasteiger partial charge in [-0.2, -0.15) is 0 Å². The van der Waals surface area contributed by atoms with Crippen molar-refractivity contribution in [2.24, 2.45) is 5.73 Å². The highest BCUT2D eigenvalue weighted by Gasteiger charge is 2.22. The Morgan fingerprint density at radius 3 is 1.53 bits per heavy atom. The van der Waals surface area contributed by atoms with Crippen molar-refractivity contribution in [3.8, 4) is 0 Å². The lowest BCUT2D eigenvalue weighted by molar-refractivity contribution is 1.07. The van der Waals surface area contributed by atoms with Crippen LogP contribution in [0.1, 0.15) is 5.56 Å². The molecule has 0 saturated carbocycles. The standard InChI is InChI=1S/C35H29N3/c36-26-27-12-11-19-32(24-27)38(33-23-22-28-13-7-8-14-29(28)25-33)35-21-10-9-20-34(35)37(30-15-3-1-4-16-30)31-17-5-2-6-18-31/h1-25H,26,36H2. The molecule has 0 heterocycles. The summed E-state index contributed by atoms with van der Waals surface area (Å²) in [5.74, 6) is 0. The summed E-state index contributed by atoms with van der Waals surface area (Å²) in [5.41, 5.74) is 13.7. The van der Waals surface area contributed by atoms with E-state index in [1.54, 1.807) is 0 Å². The first-order valence-electron chi connectivity index (χ1n) is 12.9. The molecule has 0 aliphatic heterocycles. The van der Waals surface area contributed by atoms with E-state index >= 15 is 0 Å². The first kappa shape index (κ1) is 23.5. The molecule has 6 rings (SSSR count). The molecule has 184 valence electrons. The maximum atomic E-state index is 6.07. The van der Waals surface area contributed by atoms with Gasteiger partial charge in [-0.3, -0.25) is 0 Å². The van der Waals surface area contributed by atoms with Crippen LogP contribution in [-0.2, 0) is 6.54 Å². The third-order valence-corrected chi connectivity index (χ3v) is 6.79. The Hall–Kier alpha value is -4.86. The van der Waals surface area contributed by atoms with Crippen LogP contribution in [-0.4, -0.2) is 0 Å². The van der Waals surface area contributed by atoms with Crippen LogP contribution in [0.3, 0.4) is 0 Å². The summed E-state index contributed by atoms with van der Waals surface area (Å²) < 4.78 is 0. The molecule has 0 atom stereocenters. The van der Waals surface area contributed by atoms with Gasteiger partial charge >= 0.3 is 0 Å². The summed E-state index contributed by atoms with van der Waals surface area (Å²) in [6.45, 7) is 0.487. The van der Waals surface area contributed by atoms with Crippen LogP contribution in [0.25, 0.3) is 10.8 Å². The molecular weight excluding hydrogens is 462 g/mol. The zero-order chi connectivity index (χ0) is 25.7. The van der Waals surface area contributed by atoms with Gasteiger partial charge in [0.1, 0.15) is 0 Å². The van der Waals surface area contributed by atoms with Crippen LogP contribution in [0, 0.1) is 0 Å². The van der Waals surface area contributed by atoms with Crippen molar-refractivity contribution < 1.29 is 0 Å². The largest absolute Gasteiger partial charge is 0.326 e. The van der Waals surface area contributed by atoms with Gasteiger partial charge < -0.3 is 15.5 Å². The second-order valence-electron chi connectivity index (χ2n) is 9.24. The quantitative estimate of drug-likeness (QED) is 0.241. The van der Waals surface area contributed by atoms with Gasteiger partial charge in [-0.15, -0.1) is 0 Å². The highest BCUT2D eigenvalue weighted by molar-refractivity contribution is 5.94. The van der Waals surface area contributed by atoms with E-state index in [1.807, 2.05) is 0 Å². The molecule has 0 spiro atoms. The molecule has 6 aromatic carbocycles. The van der Waals surface area contributed by atoms with Crippen LogP contribution >= 0.6 is 0 Å². The average Bonchev–Trinajstić information content (AvgIpc) is 2.99. The van der Waals surface area contributed by atoms with Crippen LogP contribution in [0.15, 0.2) is 152 Å². The van der Waals surface area contributed by atoms with E-state index in [9.17, 15) is 0 Å². The number of anilines is 6. The van der Waals surface area contributed by atoms with Crippen molar-refractivity contribution in [2.75, 3.05) is 9.80 Å². The zero-order valence-electron chi connectivity index (χ0n) is 21.1. The molecule has 0 aliphatic carbocycles. The monoisotopic (exact) mass is 491 g/mol. The van der Waals surface area contributed by atoms with Crippen molar-refractivity contribution in [2.45, 2.75) is 6.54 Å². The summed E-state index contributed by atoms with van der Waals surface area (Å²) in [7, 11) is 0. The predicted molar refractivity (Wildman–Crippen MR) is 161 cm³/mol. The number of hydrogen-bond donors (Lipinski definition) is 1. The van der Waals surface area contributed by atoms with Crippen molar-refractivity contribution in [1.29, 1.82) is 0 Å². The highest BCUT2D eigenvalue weighted by atomic mass is 15.2. The van der Waals surface area contributed by atoms with Crippen LogP contribution < -0.4 is 15.5 Å². The summed E-state index contributed by atoms with van der Waals surface area (Å²) in [6.07, 6.45) is 0. The number of rotatable bonds is 7. The van der Waals surface area contributed by atoms with Gasteiger partial charge in [-0.05, 0) is 77.0 Å². The highest BCUT2D eigenvalue weighted by Crippen LogP contribution is 2.45. The first-order valence-corrected chi connectivity index (χ1v) is 12.9. The third-order valence-electron chi connectivity index (χ3n) is 6.79. The van der Waals surface area contributed by atoms with E-state index in [0.29, 0.717) is 6.54 Å². The third kappa shape index (κ3) is 4.63. The number of hydrogen-bond acceptors (Lipinski definition) is 3. The lowest BCUT2D eigenvalue weighted by atomic mass is 10.1. The molecule has 0 unspecified atom stereocenters. The minimum Gasteiger partial charge on any atom is -0.326 e. The van der Waals surface area contributed by atoms with Crippen molar-refractivity contribution >= 4 is 44.9 Å². The molecule has 0 radical (unpaired) electrons. The number of nitrogens with two attached hydrogens (primary N) is 1. The molecule has 0 fully saturated rings. The van der Waals surface area contributed by atoms with Crippen molar-refractivity contribution in [3.63, 3.8) is 0 Å². The topological polar surface area (TPSA) is 32.5 Å². The van der Waals surface area contributed by atoms with E-state index in [2.05, 4.69) is 161 Å². The Labute approximate surface area is 224 Å². The van der Waals surface area contributed by atoms with Crippen LogP contribution in [0.2, 0.25) is 0 Å². The molecule has 3 heteroatoms. The summed E-state index contributed by atoms with van der Waals surface area (Å²) >= 11 is 0. The maximum absolute atomic E-state index is 6.07. The molecule has 0 aromatic heterocycles. The lowest BCUT2D eigenvalue weighted by Crippen LogP contribution is -2.17. The smallest absolute Gasteiger partial charge is 0.0702 e. The summed E-state index contributed by atoms with van der Waals surface area (Å²) in [6, 6.07) is 53.3. The van der Waals surface area contributed by atoms with Gasteiger partial charge in [0.2, 0.25) is 0 Å². The van der Waals surface area contributed by atoms with Gasteiger partial charge in [0.05, 0.1) is 11.4 Å².